The molecule has 0 spiro atoms. The van der Waals surface area contributed by atoms with Gasteiger partial charge in [0.15, 0.2) is 0 Å². The Bertz CT molecular complexity index is 1190. The Labute approximate surface area is 191 Å². The molecule has 0 aliphatic carbocycles. The predicted octanol–water partition coefficient (Wildman–Crippen LogP) is 3.29. The number of carbonyl (C=O) groups is 1. The van der Waals surface area contributed by atoms with Gasteiger partial charge in [0.1, 0.15) is 18.5 Å². The van der Waals surface area contributed by atoms with E-state index in [1.807, 2.05) is 49.4 Å². The lowest BCUT2D eigenvalue weighted by molar-refractivity contribution is -0.151. The number of para-hydroxylation sites is 1. The summed E-state index contributed by atoms with van der Waals surface area (Å²) in [6.07, 6.45) is 0.343. The molecule has 1 fully saturated rings. The summed E-state index contributed by atoms with van der Waals surface area (Å²) in [6.45, 7) is 3.15. The maximum absolute atomic E-state index is 11.9. The number of ether oxygens (including phenoxy) is 2. The van der Waals surface area contributed by atoms with E-state index >= 15 is 0 Å². The number of hydrogen-bond acceptors (Lipinski definition) is 8. The van der Waals surface area contributed by atoms with Crippen LogP contribution in [0, 0.1) is 18.8 Å². The summed E-state index contributed by atoms with van der Waals surface area (Å²) in [5.41, 5.74) is 4.81. The van der Waals surface area contributed by atoms with Gasteiger partial charge in [0.2, 0.25) is 0 Å². The lowest BCUT2D eigenvalue weighted by atomic mass is 9.87. The van der Waals surface area contributed by atoms with Crippen LogP contribution in [0.25, 0.3) is 10.9 Å². The van der Waals surface area contributed by atoms with Gasteiger partial charge < -0.3 is 19.1 Å². The Balaban J connectivity index is 1.22. The summed E-state index contributed by atoms with van der Waals surface area (Å²) in [7, 11) is 0. The van der Waals surface area contributed by atoms with E-state index in [2.05, 4.69) is 27.1 Å². The fraction of sp³-hybridized carbons (Fsp3) is 0.320. The van der Waals surface area contributed by atoms with Crippen LogP contribution in [0.4, 0.5) is 0 Å². The molecule has 0 amide bonds. The molecular formula is C25H25N3O5. The predicted molar refractivity (Wildman–Crippen MR) is 121 cm³/mol. The zero-order chi connectivity index (χ0) is 22.8. The van der Waals surface area contributed by atoms with Crippen molar-refractivity contribution in [2.24, 2.45) is 22.9 Å². The number of fused-ring (bicyclic) bond motifs is 1. The summed E-state index contributed by atoms with van der Waals surface area (Å²) < 4.78 is 11.5. The summed E-state index contributed by atoms with van der Waals surface area (Å²) >= 11 is 0. The van der Waals surface area contributed by atoms with Gasteiger partial charge >= 0.3 is 5.97 Å². The summed E-state index contributed by atoms with van der Waals surface area (Å²) in [5, 5.41) is 5.34. The molecule has 2 N–H and O–H groups in total. The van der Waals surface area contributed by atoms with E-state index in [9.17, 15) is 4.79 Å². The molecule has 3 heterocycles. The van der Waals surface area contributed by atoms with Crippen molar-refractivity contribution in [2.45, 2.75) is 26.1 Å². The maximum atomic E-state index is 11.9. The molecule has 33 heavy (non-hydrogen) atoms. The molecule has 8 heteroatoms. The van der Waals surface area contributed by atoms with Crippen LogP contribution < -0.4 is 10.6 Å². The van der Waals surface area contributed by atoms with Gasteiger partial charge in [-0.3, -0.25) is 4.98 Å². The highest BCUT2D eigenvalue weighted by molar-refractivity contribution is 6.01. The SMILES string of the molecule is Cc1cc(COc2ccc(C3=NOC(C4COCC4C(=O)ON)C3)cc2)c2ccccc2n1. The second kappa shape index (κ2) is 9.17. The van der Waals surface area contributed by atoms with Gasteiger partial charge in [-0.05, 0) is 48.9 Å². The first-order valence-electron chi connectivity index (χ1n) is 10.9. The van der Waals surface area contributed by atoms with Gasteiger partial charge in [-0.15, -0.1) is 0 Å². The minimum atomic E-state index is -0.478. The molecule has 2 aromatic carbocycles. The van der Waals surface area contributed by atoms with Crippen molar-refractivity contribution >= 4 is 22.6 Å². The van der Waals surface area contributed by atoms with Gasteiger partial charge in [-0.25, -0.2) is 4.79 Å². The average Bonchev–Trinajstić information content (AvgIpc) is 3.52. The van der Waals surface area contributed by atoms with Crippen molar-refractivity contribution in [3.05, 3.63) is 71.4 Å². The Morgan fingerprint density at radius 3 is 2.79 bits per heavy atom. The van der Waals surface area contributed by atoms with Crippen molar-refractivity contribution in [1.82, 2.24) is 4.98 Å². The largest absolute Gasteiger partial charge is 0.489 e. The summed E-state index contributed by atoms with van der Waals surface area (Å²) in [5.74, 6) is 4.77. The molecule has 5 rings (SSSR count). The van der Waals surface area contributed by atoms with Crippen LogP contribution in [0.15, 0.2) is 59.8 Å². The molecule has 2 aliphatic heterocycles. The number of carbonyl (C=O) groups excluding carboxylic acids is 1. The fourth-order valence-electron chi connectivity index (χ4n) is 4.48. The van der Waals surface area contributed by atoms with E-state index < -0.39 is 11.9 Å². The number of benzene rings is 2. The number of hydrogen-bond donors (Lipinski definition) is 1. The van der Waals surface area contributed by atoms with Crippen molar-refractivity contribution in [3.8, 4) is 5.75 Å². The van der Waals surface area contributed by atoms with Crippen LogP contribution in [0.1, 0.15) is 23.2 Å². The monoisotopic (exact) mass is 447 g/mol. The molecule has 8 nitrogen and oxygen atoms in total. The van der Waals surface area contributed by atoms with E-state index in [4.69, 9.17) is 20.2 Å². The van der Waals surface area contributed by atoms with Crippen LogP contribution in [0.3, 0.4) is 0 Å². The Kier molecular flexibility index (Phi) is 5.93. The minimum absolute atomic E-state index is 0.136. The number of nitrogens with zero attached hydrogens (tertiary/aromatic N) is 2. The maximum Gasteiger partial charge on any atom is 0.330 e. The smallest absolute Gasteiger partial charge is 0.330 e. The number of aryl methyl sites for hydroxylation is 1. The zero-order valence-electron chi connectivity index (χ0n) is 18.3. The van der Waals surface area contributed by atoms with E-state index in [0.717, 1.165) is 39.2 Å². The number of oxime groups is 1. The molecule has 170 valence electrons. The second-order valence-electron chi connectivity index (χ2n) is 8.38. The number of nitrogens with two attached hydrogens (primary N) is 1. The molecule has 3 atom stereocenters. The highest BCUT2D eigenvalue weighted by Gasteiger charge is 2.43. The van der Waals surface area contributed by atoms with Gasteiger partial charge in [0.05, 0.1) is 30.4 Å². The number of rotatable bonds is 6. The number of pyridine rings is 1. The van der Waals surface area contributed by atoms with Crippen LogP contribution in [-0.2, 0) is 25.8 Å². The lowest BCUT2D eigenvalue weighted by Crippen LogP contribution is -2.34. The molecule has 3 unspecified atom stereocenters. The van der Waals surface area contributed by atoms with E-state index in [0.29, 0.717) is 19.6 Å². The van der Waals surface area contributed by atoms with Crippen LogP contribution in [0.5, 0.6) is 5.75 Å². The molecule has 1 aromatic heterocycles. The third-order valence-electron chi connectivity index (χ3n) is 6.23. The van der Waals surface area contributed by atoms with Crippen LogP contribution in [0.2, 0.25) is 0 Å². The molecule has 1 saturated heterocycles. The quantitative estimate of drug-likeness (QED) is 0.578. The van der Waals surface area contributed by atoms with Gasteiger partial charge in [-0.1, -0.05) is 23.4 Å². The highest BCUT2D eigenvalue weighted by atomic mass is 16.7. The third-order valence-corrected chi connectivity index (χ3v) is 6.23. The first-order chi connectivity index (χ1) is 16.1. The van der Waals surface area contributed by atoms with Gasteiger partial charge in [0, 0.05) is 29.0 Å². The van der Waals surface area contributed by atoms with Crippen LogP contribution in [-0.4, -0.2) is 36.0 Å². The molecule has 0 saturated carbocycles. The van der Waals surface area contributed by atoms with Crippen molar-refractivity contribution in [2.75, 3.05) is 13.2 Å². The molecular weight excluding hydrogens is 422 g/mol. The molecule has 2 aliphatic rings. The minimum Gasteiger partial charge on any atom is -0.489 e. The number of aromatic nitrogens is 1. The van der Waals surface area contributed by atoms with Gasteiger partial charge in [0.25, 0.3) is 0 Å². The zero-order valence-corrected chi connectivity index (χ0v) is 18.3. The Hall–Kier alpha value is -3.49. The summed E-state index contributed by atoms with van der Waals surface area (Å²) in [4.78, 5) is 26.5. The first-order valence-corrected chi connectivity index (χ1v) is 10.9. The standard InChI is InChI=1S/C25H25N3O5/c1-15-10-17(19-4-2-3-5-22(19)27-15)12-31-18-8-6-16(7-9-18)23-11-24(33-28-23)20-13-30-14-21(20)25(29)32-26/h2-10,20-21,24H,11-14,26H2,1H3. The average molecular weight is 447 g/mol. The topological polar surface area (TPSA) is 105 Å². The van der Waals surface area contributed by atoms with Crippen molar-refractivity contribution in [1.29, 1.82) is 0 Å². The third kappa shape index (κ3) is 4.40. The Morgan fingerprint density at radius 1 is 1.15 bits per heavy atom. The molecule has 0 bridgehead atoms. The van der Waals surface area contributed by atoms with Crippen molar-refractivity contribution < 1.29 is 23.9 Å². The second-order valence-corrected chi connectivity index (χ2v) is 8.38. The lowest BCUT2D eigenvalue weighted by Gasteiger charge is -2.19. The van der Waals surface area contributed by atoms with E-state index in [1.54, 1.807) is 0 Å². The fourth-order valence-corrected chi connectivity index (χ4v) is 4.48. The van der Waals surface area contributed by atoms with E-state index in [1.165, 1.54) is 0 Å². The summed E-state index contributed by atoms with van der Waals surface area (Å²) in [6, 6.07) is 17.9. The molecule has 3 aromatic rings. The highest BCUT2D eigenvalue weighted by Crippen LogP contribution is 2.32. The molecule has 0 radical (unpaired) electrons. The first kappa shape index (κ1) is 21.4. The van der Waals surface area contributed by atoms with Crippen molar-refractivity contribution in [3.63, 3.8) is 0 Å². The van der Waals surface area contributed by atoms with Gasteiger partial charge in [-0.2, -0.15) is 5.90 Å². The van der Waals surface area contributed by atoms with E-state index in [-0.39, 0.29) is 18.6 Å². The van der Waals surface area contributed by atoms with Crippen LogP contribution >= 0.6 is 0 Å². The Morgan fingerprint density at radius 2 is 1.97 bits per heavy atom. The normalized spacial score (nSPS) is 22.1.